The summed E-state index contributed by atoms with van der Waals surface area (Å²) >= 11 is 0. The van der Waals surface area contributed by atoms with Gasteiger partial charge in [-0.2, -0.15) is 0 Å². The van der Waals surface area contributed by atoms with Gasteiger partial charge in [0.2, 0.25) is 0 Å². The first-order valence-corrected chi connectivity index (χ1v) is 9.01. The van der Waals surface area contributed by atoms with Gasteiger partial charge in [0.1, 0.15) is 12.2 Å². The van der Waals surface area contributed by atoms with E-state index in [1.165, 1.54) is 11.1 Å². The first-order chi connectivity index (χ1) is 12.0. The van der Waals surface area contributed by atoms with Crippen molar-refractivity contribution in [3.63, 3.8) is 0 Å². The number of hydrogen-bond donors (Lipinski definition) is 0. The van der Waals surface area contributed by atoms with Crippen LogP contribution in [-0.4, -0.2) is 23.8 Å². The lowest BCUT2D eigenvalue weighted by atomic mass is 9.96. The number of ketones is 1. The summed E-state index contributed by atoms with van der Waals surface area (Å²) in [6.45, 7) is 3.79. The summed E-state index contributed by atoms with van der Waals surface area (Å²) in [4.78, 5) is 12.8. The van der Waals surface area contributed by atoms with Crippen molar-refractivity contribution in [2.24, 2.45) is 0 Å². The topological polar surface area (TPSA) is 35.5 Å². The summed E-state index contributed by atoms with van der Waals surface area (Å²) in [5, 5.41) is 0. The van der Waals surface area contributed by atoms with E-state index in [1.807, 2.05) is 50.2 Å². The molecule has 25 heavy (non-hydrogen) atoms. The van der Waals surface area contributed by atoms with Crippen molar-refractivity contribution >= 4 is 5.78 Å². The second-order valence-corrected chi connectivity index (χ2v) is 7.06. The average Bonchev–Trinajstić information content (AvgIpc) is 2.62. The lowest BCUT2D eigenvalue weighted by Crippen LogP contribution is -2.51. The van der Waals surface area contributed by atoms with Crippen molar-refractivity contribution < 1.29 is 14.3 Å². The van der Waals surface area contributed by atoms with Crippen LogP contribution in [0.3, 0.4) is 0 Å². The van der Waals surface area contributed by atoms with E-state index < -0.39 is 18.0 Å². The van der Waals surface area contributed by atoms with Crippen molar-refractivity contribution in [2.45, 2.75) is 57.5 Å². The third kappa shape index (κ3) is 5.00. The molecule has 0 radical (unpaired) electrons. The van der Waals surface area contributed by atoms with Gasteiger partial charge in [0.05, 0.1) is 0 Å². The van der Waals surface area contributed by atoms with Gasteiger partial charge in [-0.3, -0.25) is 4.79 Å². The van der Waals surface area contributed by atoms with Gasteiger partial charge in [-0.25, -0.2) is 0 Å². The lowest BCUT2D eigenvalue weighted by molar-refractivity contribution is -0.280. The van der Waals surface area contributed by atoms with Crippen molar-refractivity contribution in [3.05, 3.63) is 71.8 Å². The first kappa shape index (κ1) is 17.8. The molecule has 0 saturated carbocycles. The molecule has 0 N–H and O–H groups in total. The van der Waals surface area contributed by atoms with Crippen LogP contribution in [0, 0.1) is 0 Å². The number of carbonyl (C=O) groups excluding carboxylic acids is 1. The highest BCUT2D eigenvalue weighted by Crippen LogP contribution is 2.29. The third-order valence-electron chi connectivity index (χ3n) is 4.56. The van der Waals surface area contributed by atoms with E-state index >= 15 is 0 Å². The maximum absolute atomic E-state index is 12.8. The Morgan fingerprint density at radius 2 is 1.16 bits per heavy atom. The third-order valence-corrected chi connectivity index (χ3v) is 4.56. The maximum Gasteiger partial charge on any atom is 0.190 e. The zero-order valence-corrected chi connectivity index (χ0v) is 15.0. The SMILES string of the molecule is CC1(C)O[C@@H](CCc2ccccc2)C(=O)[C@H](CCc2ccccc2)O1. The smallest absolute Gasteiger partial charge is 0.190 e. The molecular weight excluding hydrogens is 312 g/mol. The molecule has 1 saturated heterocycles. The summed E-state index contributed by atoms with van der Waals surface area (Å²) in [6, 6.07) is 20.4. The van der Waals surface area contributed by atoms with Crippen LogP contribution in [0.15, 0.2) is 60.7 Å². The van der Waals surface area contributed by atoms with Crippen LogP contribution in [0.4, 0.5) is 0 Å². The molecule has 2 atom stereocenters. The van der Waals surface area contributed by atoms with E-state index in [2.05, 4.69) is 24.3 Å². The predicted molar refractivity (Wildman–Crippen MR) is 98.4 cm³/mol. The molecule has 0 amide bonds. The quantitative estimate of drug-likeness (QED) is 0.786. The van der Waals surface area contributed by atoms with Crippen LogP contribution in [0.2, 0.25) is 0 Å². The van der Waals surface area contributed by atoms with Gasteiger partial charge in [0, 0.05) is 0 Å². The molecule has 0 spiro atoms. The molecule has 1 fully saturated rings. The van der Waals surface area contributed by atoms with Gasteiger partial charge in [0.25, 0.3) is 0 Å². The minimum absolute atomic E-state index is 0.0752. The van der Waals surface area contributed by atoms with Crippen molar-refractivity contribution in [1.82, 2.24) is 0 Å². The molecule has 1 aliphatic heterocycles. The van der Waals surface area contributed by atoms with Crippen LogP contribution in [0.5, 0.6) is 0 Å². The van der Waals surface area contributed by atoms with E-state index in [1.54, 1.807) is 0 Å². The number of ether oxygens (including phenoxy) is 2. The Balaban J connectivity index is 1.62. The van der Waals surface area contributed by atoms with Crippen LogP contribution in [0.25, 0.3) is 0 Å². The van der Waals surface area contributed by atoms with E-state index in [9.17, 15) is 4.79 Å². The Bertz CT molecular complexity index is 621. The van der Waals surface area contributed by atoms with Gasteiger partial charge in [-0.05, 0) is 50.7 Å². The van der Waals surface area contributed by atoms with E-state index in [-0.39, 0.29) is 5.78 Å². The van der Waals surface area contributed by atoms with E-state index in [0.29, 0.717) is 12.8 Å². The molecule has 1 aliphatic rings. The van der Waals surface area contributed by atoms with Crippen molar-refractivity contribution in [2.75, 3.05) is 0 Å². The monoisotopic (exact) mass is 338 g/mol. The first-order valence-electron chi connectivity index (χ1n) is 9.01. The van der Waals surface area contributed by atoms with E-state index in [0.717, 1.165) is 12.8 Å². The Labute approximate surface area is 150 Å². The highest BCUT2D eigenvalue weighted by atomic mass is 16.7. The molecule has 3 rings (SSSR count). The molecule has 0 bridgehead atoms. The molecule has 2 aromatic carbocycles. The van der Waals surface area contributed by atoms with Gasteiger partial charge in [-0.1, -0.05) is 60.7 Å². The minimum Gasteiger partial charge on any atom is -0.339 e. The average molecular weight is 338 g/mol. The Kier molecular flexibility index (Phi) is 5.67. The summed E-state index contributed by atoms with van der Waals surface area (Å²) in [6.07, 6.45) is 2.25. The van der Waals surface area contributed by atoms with Crippen LogP contribution >= 0.6 is 0 Å². The lowest BCUT2D eigenvalue weighted by Gasteiger charge is -2.39. The molecular formula is C22H26O3. The second kappa shape index (κ2) is 7.94. The molecule has 1 heterocycles. The molecule has 0 unspecified atom stereocenters. The summed E-state index contributed by atoms with van der Waals surface area (Å²) in [5.74, 6) is -0.650. The molecule has 2 aromatic rings. The molecule has 0 aromatic heterocycles. The standard InChI is InChI=1S/C22H26O3/c1-22(2)24-19(15-13-17-9-5-3-6-10-17)21(23)20(25-22)16-14-18-11-7-4-8-12-18/h3-12,19-20H,13-16H2,1-2H3/t19-,20-/m0/s1. The molecule has 3 nitrogen and oxygen atoms in total. The van der Waals surface area contributed by atoms with Crippen molar-refractivity contribution in [3.8, 4) is 0 Å². The number of benzene rings is 2. The van der Waals surface area contributed by atoms with Crippen molar-refractivity contribution in [1.29, 1.82) is 0 Å². The number of carbonyl (C=O) groups is 1. The predicted octanol–water partition coefficient (Wildman–Crippen LogP) is 4.34. The van der Waals surface area contributed by atoms with Gasteiger partial charge < -0.3 is 9.47 Å². The van der Waals surface area contributed by atoms with Gasteiger partial charge in [0.15, 0.2) is 11.6 Å². The summed E-state index contributed by atoms with van der Waals surface area (Å²) in [7, 11) is 0. The van der Waals surface area contributed by atoms with Crippen LogP contribution in [-0.2, 0) is 27.1 Å². The van der Waals surface area contributed by atoms with E-state index in [4.69, 9.17) is 9.47 Å². The number of hydrogen-bond acceptors (Lipinski definition) is 3. The Morgan fingerprint density at radius 3 is 1.56 bits per heavy atom. The molecule has 3 heteroatoms. The number of Topliss-reactive ketones (excluding diaryl/α,β-unsaturated/α-hetero) is 1. The Hall–Kier alpha value is -1.97. The number of rotatable bonds is 6. The second-order valence-electron chi connectivity index (χ2n) is 7.06. The summed E-state index contributed by atoms with van der Waals surface area (Å²) < 4.78 is 11.8. The Morgan fingerprint density at radius 1 is 0.760 bits per heavy atom. The van der Waals surface area contributed by atoms with Crippen LogP contribution < -0.4 is 0 Å². The van der Waals surface area contributed by atoms with Crippen LogP contribution in [0.1, 0.15) is 37.8 Å². The highest BCUT2D eigenvalue weighted by molar-refractivity contribution is 5.88. The van der Waals surface area contributed by atoms with Gasteiger partial charge in [-0.15, -0.1) is 0 Å². The fourth-order valence-corrected chi connectivity index (χ4v) is 3.32. The molecule has 0 aliphatic carbocycles. The zero-order valence-electron chi connectivity index (χ0n) is 15.0. The van der Waals surface area contributed by atoms with Gasteiger partial charge >= 0.3 is 0 Å². The normalized spacial score (nSPS) is 22.7. The fraction of sp³-hybridized carbons (Fsp3) is 0.409. The highest BCUT2D eigenvalue weighted by Gasteiger charge is 2.41. The largest absolute Gasteiger partial charge is 0.339 e. The minimum atomic E-state index is -0.726. The number of aryl methyl sites for hydroxylation is 2. The maximum atomic E-state index is 12.8. The summed E-state index contributed by atoms with van der Waals surface area (Å²) in [5.41, 5.74) is 2.45. The zero-order chi connectivity index (χ0) is 17.7. The fourth-order valence-electron chi connectivity index (χ4n) is 3.32. The molecule has 132 valence electrons.